The fourth-order valence-electron chi connectivity index (χ4n) is 8.91. The molecule has 0 unspecified atom stereocenters. The van der Waals surface area contributed by atoms with Gasteiger partial charge in [0.2, 0.25) is 0 Å². The normalized spacial score (nSPS) is 12.8. The number of hydrogen-bond donors (Lipinski definition) is 0. The predicted octanol–water partition coefficient (Wildman–Crippen LogP) is 12.3. The van der Waals surface area contributed by atoms with E-state index in [0.717, 1.165) is 27.9 Å². The lowest BCUT2D eigenvalue weighted by atomic mass is 9.67. The molecule has 11 rings (SSSR count). The number of fused-ring (bicyclic) bond motifs is 6. The summed E-state index contributed by atoms with van der Waals surface area (Å²) < 4.78 is 2.38. The van der Waals surface area contributed by atoms with E-state index in [4.69, 9.17) is 15.0 Å². The molecule has 0 N–H and O–H groups in total. The van der Waals surface area contributed by atoms with Crippen molar-refractivity contribution >= 4 is 21.8 Å². The van der Waals surface area contributed by atoms with E-state index in [0.29, 0.717) is 17.5 Å². The molecule has 0 aliphatic heterocycles. The Morgan fingerprint density at radius 3 is 1.46 bits per heavy atom. The zero-order valence-electron chi connectivity index (χ0n) is 30.4. The molecule has 1 aliphatic rings. The zero-order chi connectivity index (χ0) is 37.1. The molecule has 2 aromatic heterocycles. The summed E-state index contributed by atoms with van der Waals surface area (Å²) in [7, 11) is 0. The van der Waals surface area contributed by atoms with Crippen LogP contribution in [0.4, 0.5) is 0 Å². The van der Waals surface area contributed by atoms with Gasteiger partial charge in [-0.15, -0.1) is 0 Å². The Balaban J connectivity index is 1.18. The van der Waals surface area contributed by atoms with E-state index in [1.807, 2.05) is 36.4 Å². The number of benzene rings is 8. The summed E-state index contributed by atoms with van der Waals surface area (Å²) in [5, 5.41) is 2.44. The maximum Gasteiger partial charge on any atom is 0.164 e. The van der Waals surface area contributed by atoms with E-state index >= 15 is 0 Å². The zero-order valence-corrected chi connectivity index (χ0v) is 30.4. The van der Waals surface area contributed by atoms with Crippen LogP contribution in [0.1, 0.15) is 22.3 Å². The number of hydrogen-bond acceptors (Lipinski definition) is 3. The largest absolute Gasteiger partial charge is 0.309 e. The Hall–Kier alpha value is -7.43. The first-order valence-electron chi connectivity index (χ1n) is 19.0. The second-order valence-electron chi connectivity index (χ2n) is 14.4. The van der Waals surface area contributed by atoms with Gasteiger partial charge >= 0.3 is 0 Å². The van der Waals surface area contributed by atoms with Gasteiger partial charge in [0.25, 0.3) is 0 Å². The molecule has 262 valence electrons. The standard InChI is InChI=1S/C52H34N4/c1-4-17-35(18-5-1)49-53-50(36-19-6-2-7-20-36)55-51(54-49)37-21-16-22-38(33-37)52(45-28-13-10-25-41(45)42-26-11-14-29-46(42)52)39-31-32-48-44(34-39)43-27-12-15-30-47(43)56(48)40-23-8-3-9-24-40/h1-34H. The number of para-hydroxylation sites is 2. The first-order chi connectivity index (χ1) is 27.8. The van der Waals surface area contributed by atoms with Crippen LogP contribution in [0.25, 0.3) is 72.8 Å². The van der Waals surface area contributed by atoms with Gasteiger partial charge in [-0.1, -0.05) is 170 Å². The minimum atomic E-state index is -0.620. The van der Waals surface area contributed by atoms with E-state index in [1.165, 1.54) is 49.6 Å². The Morgan fingerprint density at radius 2 is 0.821 bits per heavy atom. The van der Waals surface area contributed by atoms with Crippen LogP contribution in [-0.4, -0.2) is 19.5 Å². The first-order valence-corrected chi connectivity index (χ1v) is 19.0. The molecule has 8 aromatic carbocycles. The van der Waals surface area contributed by atoms with Crippen LogP contribution in [0.5, 0.6) is 0 Å². The van der Waals surface area contributed by atoms with E-state index in [2.05, 4.69) is 174 Å². The Kier molecular flexibility index (Phi) is 7.36. The molecule has 56 heavy (non-hydrogen) atoms. The van der Waals surface area contributed by atoms with Crippen LogP contribution in [0.15, 0.2) is 206 Å². The molecular formula is C52H34N4. The highest BCUT2D eigenvalue weighted by Gasteiger charge is 2.46. The van der Waals surface area contributed by atoms with Crippen LogP contribution in [0.3, 0.4) is 0 Å². The van der Waals surface area contributed by atoms with Crippen molar-refractivity contribution in [3.8, 4) is 51.0 Å². The van der Waals surface area contributed by atoms with E-state index in [1.54, 1.807) is 0 Å². The number of rotatable bonds is 6. The van der Waals surface area contributed by atoms with Gasteiger partial charge in [-0.3, -0.25) is 0 Å². The second-order valence-corrected chi connectivity index (χ2v) is 14.4. The van der Waals surface area contributed by atoms with Crippen molar-refractivity contribution in [3.05, 3.63) is 229 Å². The molecule has 0 radical (unpaired) electrons. The van der Waals surface area contributed by atoms with Gasteiger partial charge in [-0.25, -0.2) is 15.0 Å². The quantitative estimate of drug-likeness (QED) is 0.172. The van der Waals surface area contributed by atoms with Crippen LogP contribution in [0, 0.1) is 0 Å². The lowest BCUT2D eigenvalue weighted by molar-refractivity contribution is 0.770. The minimum absolute atomic E-state index is 0.620. The predicted molar refractivity (Wildman–Crippen MR) is 228 cm³/mol. The number of nitrogens with zero attached hydrogens (tertiary/aromatic N) is 4. The molecule has 0 bridgehead atoms. The molecule has 10 aromatic rings. The smallest absolute Gasteiger partial charge is 0.164 e. The Bertz CT molecular complexity index is 2970. The SMILES string of the molecule is c1ccc(-c2nc(-c3ccccc3)nc(-c3cccc(C4(c5ccc6c(c5)c5ccccc5n6-c5ccccc5)c5ccccc5-c5ccccc54)c3)n2)cc1. The molecule has 0 spiro atoms. The summed E-state index contributed by atoms with van der Waals surface area (Å²) in [6.07, 6.45) is 0. The van der Waals surface area contributed by atoms with Crippen molar-refractivity contribution in [2.45, 2.75) is 5.41 Å². The molecule has 0 saturated heterocycles. The lowest BCUT2D eigenvalue weighted by Gasteiger charge is -2.34. The van der Waals surface area contributed by atoms with Gasteiger partial charge in [-0.2, -0.15) is 0 Å². The average Bonchev–Trinajstić information content (AvgIpc) is 3.78. The fourth-order valence-corrected chi connectivity index (χ4v) is 8.91. The first kappa shape index (κ1) is 32.0. The molecule has 1 aliphatic carbocycles. The molecular weight excluding hydrogens is 681 g/mol. The highest BCUT2D eigenvalue weighted by atomic mass is 15.0. The Morgan fingerprint density at radius 1 is 0.339 bits per heavy atom. The second kappa shape index (κ2) is 12.9. The third-order valence-corrected chi connectivity index (χ3v) is 11.3. The van der Waals surface area contributed by atoms with Crippen molar-refractivity contribution in [1.29, 1.82) is 0 Å². The van der Waals surface area contributed by atoms with E-state index in [-0.39, 0.29) is 0 Å². The Labute approximate surface area is 325 Å². The third kappa shape index (κ3) is 4.89. The molecule has 0 atom stereocenters. The van der Waals surface area contributed by atoms with Crippen LogP contribution < -0.4 is 0 Å². The molecule has 0 amide bonds. The van der Waals surface area contributed by atoms with Gasteiger partial charge in [0.1, 0.15) is 0 Å². The van der Waals surface area contributed by atoms with Crippen LogP contribution >= 0.6 is 0 Å². The summed E-state index contributed by atoms with van der Waals surface area (Å²) in [6.45, 7) is 0. The van der Waals surface area contributed by atoms with E-state index < -0.39 is 5.41 Å². The molecule has 2 heterocycles. The van der Waals surface area contributed by atoms with Gasteiger partial charge in [0, 0.05) is 33.2 Å². The van der Waals surface area contributed by atoms with Crippen molar-refractivity contribution in [3.63, 3.8) is 0 Å². The van der Waals surface area contributed by atoms with Gasteiger partial charge in [0.15, 0.2) is 17.5 Å². The fraction of sp³-hybridized carbons (Fsp3) is 0.0192. The monoisotopic (exact) mass is 714 g/mol. The van der Waals surface area contributed by atoms with Crippen molar-refractivity contribution in [2.24, 2.45) is 0 Å². The molecule has 4 nitrogen and oxygen atoms in total. The third-order valence-electron chi connectivity index (χ3n) is 11.3. The van der Waals surface area contributed by atoms with Crippen LogP contribution in [-0.2, 0) is 5.41 Å². The maximum atomic E-state index is 5.13. The summed E-state index contributed by atoms with van der Waals surface area (Å²) in [6, 6.07) is 73.5. The van der Waals surface area contributed by atoms with Gasteiger partial charge in [-0.05, 0) is 69.8 Å². The highest BCUT2D eigenvalue weighted by Crippen LogP contribution is 2.57. The van der Waals surface area contributed by atoms with Gasteiger partial charge < -0.3 is 4.57 Å². The average molecular weight is 715 g/mol. The lowest BCUT2D eigenvalue weighted by Crippen LogP contribution is -2.28. The molecule has 0 fully saturated rings. The summed E-state index contributed by atoms with van der Waals surface area (Å²) in [4.78, 5) is 15.2. The summed E-state index contributed by atoms with van der Waals surface area (Å²) in [5.74, 6) is 1.92. The maximum absolute atomic E-state index is 5.13. The van der Waals surface area contributed by atoms with Crippen molar-refractivity contribution in [1.82, 2.24) is 19.5 Å². The minimum Gasteiger partial charge on any atom is -0.309 e. The topological polar surface area (TPSA) is 43.6 Å². The summed E-state index contributed by atoms with van der Waals surface area (Å²) in [5.41, 5.74) is 13.1. The molecule has 0 saturated carbocycles. The van der Waals surface area contributed by atoms with Crippen LogP contribution in [0.2, 0.25) is 0 Å². The van der Waals surface area contributed by atoms with E-state index in [9.17, 15) is 0 Å². The van der Waals surface area contributed by atoms with Gasteiger partial charge in [0.05, 0.1) is 16.4 Å². The number of aromatic nitrogens is 4. The van der Waals surface area contributed by atoms with Crippen molar-refractivity contribution < 1.29 is 0 Å². The van der Waals surface area contributed by atoms with Crippen molar-refractivity contribution in [2.75, 3.05) is 0 Å². The molecule has 4 heteroatoms. The highest BCUT2D eigenvalue weighted by molar-refractivity contribution is 6.10. The summed E-state index contributed by atoms with van der Waals surface area (Å²) >= 11 is 0.